The normalized spacial score (nSPS) is 14.2. The Morgan fingerprint density at radius 3 is 2.46 bits per heavy atom. The van der Waals surface area contributed by atoms with Crippen LogP contribution >= 0.6 is 11.3 Å². The Kier molecular flexibility index (Phi) is 8.90. The summed E-state index contributed by atoms with van der Waals surface area (Å²) in [6.45, 7) is 4.58. The fourth-order valence-electron chi connectivity index (χ4n) is 5.25. The Morgan fingerprint density at radius 1 is 0.978 bits per heavy atom. The van der Waals surface area contributed by atoms with E-state index in [1.165, 1.54) is 11.3 Å². The van der Waals surface area contributed by atoms with Crippen LogP contribution in [0.4, 0.5) is 5.69 Å². The predicted molar refractivity (Wildman–Crippen MR) is 178 cm³/mol. The van der Waals surface area contributed by atoms with E-state index in [0.717, 1.165) is 16.7 Å². The number of nitriles is 1. The molecular weight excluding hydrogens is 596 g/mol. The molecule has 1 aliphatic rings. The first kappa shape index (κ1) is 30.3. The van der Waals surface area contributed by atoms with E-state index in [9.17, 15) is 9.59 Å². The minimum absolute atomic E-state index is 0.246. The number of nitrogens with zero attached hydrogens (tertiary/aromatic N) is 3. The maximum Gasteiger partial charge on any atom is 0.271 e. The second kappa shape index (κ2) is 13.5. The van der Waals surface area contributed by atoms with Gasteiger partial charge in [-0.25, -0.2) is 4.99 Å². The molecule has 0 unspecified atom stereocenters. The molecule has 228 valence electrons. The highest BCUT2D eigenvalue weighted by Crippen LogP contribution is 2.32. The van der Waals surface area contributed by atoms with Crippen LogP contribution in [0.15, 0.2) is 124 Å². The predicted octanol–water partition coefficient (Wildman–Crippen LogP) is 5.72. The average molecular weight is 627 g/mol. The van der Waals surface area contributed by atoms with Crippen molar-refractivity contribution in [2.24, 2.45) is 4.99 Å². The number of thiazole rings is 1. The van der Waals surface area contributed by atoms with Gasteiger partial charge in [-0.3, -0.25) is 14.2 Å². The van der Waals surface area contributed by atoms with Crippen molar-refractivity contribution in [3.8, 4) is 17.6 Å². The molecule has 0 saturated carbocycles. The van der Waals surface area contributed by atoms with Gasteiger partial charge in [0.15, 0.2) is 4.80 Å². The first-order valence-electron chi connectivity index (χ1n) is 14.8. The third kappa shape index (κ3) is 6.53. The van der Waals surface area contributed by atoms with Crippen LogP contribution < -0.4 is 29.7 Å². The summed E-state index contributed by atoms with van der Waals surface area (Å²) in [5.74, 6) is 1.03. The van der Waals surface area contributed by atoms with E-state index in [0.29, 0.717) is 56.6 Å². The second-order valence-corrected chi connectivity index (χ2v) is 11.6. The van der Waals surface area contributed by atoms with Gasteiger partial charge in [0, 0.05) is 5.69 Å². The highest BCUT2D eigenvalue weighted by molar-refractivity contribution is 7.07. The van der Waals surface area contributed by atoms with Crippen LogP contribution in [-0.2, 0) is 11.4 Å². The third-order valence-corrected chi connectivity index (χ3v) is 8.43. The Balaban J connectivity index is 1.36. The molecule has 1 aliphatic heterocycles. The molecule has 9 heteroatoms. The standard InChI is InChI=1S/C37H30N4O4S/c1-3-44-30-18-16-28(17-19-30)34-33(35(42)40-29-9-5-4-6-10-29)24(2)39-37-41(34)36(43)32(46-37)21-27-8-7-11-31(20-27)45-23-26-14-12-25(22-38)13-15-26/h4-21,34H,3,23H2,1-2H3,(H,40,42)/b32-21-/t34-/m0/s1. The zero-order valence-electron chi connectivity index (χ0n) is 25.3. The Hall–Kier alpha value is -5.72. The molecular formula is C37H30N4O4S. The van der Waals surface area contributed by atoms with Gasteiger partial charge in [0.2, 0.25) is 0 Å². The molecule has 1 atom stereocenters. The molecule has 1 aromatic heterocycles. The highest BCUT2D eigenvalue weighted by Gasteiger charge is 2.32. The third-order valence-electron chi connectivity index (χ3n) is 7.45. The number of carbonyl (C=O) groups excluding carboxylic acids is 1. The van der Waals surface area contributed by atoms with Gasteiger partial charge < -0.3 is 14.8 Å². The van der Waals surface area contributed by atoms with Crippen molar-refractivity contribution in [2.75, 3.05) is 11.9 Å². The summed E-state index contributed by atoms with van der Waals surface area (Å²) in [5, 5.41) is 12.0. The maximum absolute atomic E-state index is 14.1. The lowest BCUT2D eigenvalue weighted by molar-refractivity contribution is -0.113. The van der Waals surface area contributed by atoms with Gasteiger partial charge in [-0.15, -0.1) is 0 Å². The molecule has 6 rings (SSSR count). The lowest BCUT2D eigenvalue weighted by Gasteiger charge is -2.25. The number of aromatic nitrogens is 1. The van der Waals surface area contributed by atoms with E-state index in [2.05, 4.69) is 11.4 Å². The van der Waals surface area contributed by atoms with E-state index in [1.54, 1.807) is 23.6 Å². The first-order chi connectivity index (χ1) is 22.4. The summed E-state index contributed by atoms with van der Waals surface area (Å²) in [6.07, 6.45) is 1.82. The van der Waals surface area contributed by atoms with Crippen molar-refractivity contribution in [1.82, 2.24) is 4.57 Å². The first-order valence-corrected chi connectivity index (χ1v) is 15.6. The Morgan fingerprint density at radius 2 is 1.74 bits per heavy atom. The monoisotopic (exact) mass is 626 g/mol. The largest absolute Gasteiger partial charge is 0.494 e. The Bertz CT molecular complexity index is 2140. The highest BCUT2D eigenvalue weighted by atomic mass is 32.1. The zero-order chi connectivity index (χ0) is 32.0. The second-order valence-electron chi connectivity index (χ2n) is 10.6. The number of nitrogens with one attached hydrogen (secondary N) is 1. The minimum Gasteiger partial charge on any atom is -0.494 e. The van der Waals surface area contributed by atoms with Gasteiger partial charge in [-0.2, -0.15) is 5.26 Å². The summed E-state index contributed by atoms with van der Waals surface area (Å²) in [4.78, 5) is 33.1. The number of carbonyl (C=O) groups is 1. The number of amides is 1. The Labute approximate surface area is 269 Å². The molecule has 4 aromatic carbocycles. The lowest BCUT2D eigenvalue weighted by atomic mass is 9.95. The van der Waals surface area contributed by atoms with Crippen LogP contribution in [0.2, 0.25) is 0 Å². The molecule has 46 heavy (non-hydrogen) atoms. The topological polar surface area (TPSA) is 106 Å². The van der Waals surface area contributed by atoms with Crippen molar-refractivity contribution in [2.45, 2.75) is 26.5 Å². The SMILES string of the molecule is CCOc1ccc([C@H]2C(C(=O)Nc3ccccc3)=C(C)N=c3s/c(=C\c4cccc(OCc5ccc(C#N)cc5)c4)c(=O)n32)cc1. The minimum atomic E-state index is -0.695. The van der Waals surface area contributed by atoms with Crippen LogP contribution in [0.5, 0.6) is 11.5 Å². The molecule has 0 fully saturated rings. The molecule has 1 amide bonds. The smallest absolute Gasteiger partial charge is 0.271 e. The van der Waals surface area contributed by atoms with Crippen LogP contribution in [0.25, 0.3) is 6.08 Å². The molecule has 2 heterocycles. The zero-order valence-corrected chi connectivity index (χ0v) is 26.1. The number of hydrogen-bond acceptors (Lipinski definition) is 7. The summed E-state index contributed by atoms with van der Waals surface area (Å²) in [7, 11) is 0. The maximum atomic E-state index is 14.1. The van der Waals surface area contributed by atoms with E-state index in [-0.39, 0.29) is 11.5 Å². The lowest BCUT2D eigenvalue weighted by Crippen LogP contribution is -2.40. The summed E-state index contributed by atoms with van der Waals surface area (Å²) < 4.78 is 13.7. The molecule has 0 radical (unpaired) electrons. The number of para-hydroxylation sites is 1. The molecule has 0 saturated heterocycles. The van der Waals surface area contributed by atoms with Crippen molar-refractivity contribution in [3.63, 3.8) is 0 Å². The molecule has 0 aliphatic carbocycles. The molecule has 8 nitrogen and oxygen atoms in total. The van der Waals surface area contributed by atoms with Gasteiger partial charge in [-0.05, 0) is 85.1 Å². The number of ether oxygens (including phenoxy) is 2. The fraction of sp³-hybridized carbons (Fsp3) is 0.135. The van der Waals surface area contributed by atoms with E-state index >= 15 is 0 Å². The number of anilines is 1. The molecule has 5 aromatic rings. The van der Waals surface area contributed by atoms with Crippen molar-refractivity contribution >= 4 is 29.0 Å². The molecule has 0 spiro atoms. The number of rotatable bonds is 9. The number of benzene rings is 4. The molecule has 1 N–H and O–H groups in total. The van der Waals surface area contributed by atoms with Gasteiger partial charge >= 0.3 is 0 Å². The average Bonchev–Trinajstić information content (AvgIpc) is 3.38. The van der Waals surface area contributed by atoms with E-state index < -0.39 is 6.04 Å². The van der Waals surface area contributed by atoms with Crippen LogP contribution in [0, 0.1) is 11.3 Å². The van der Waals surface area contributed by atoms with E-state index in [1.807, 2.05) is 104 Å². The van der Waals surface area contributed by atoms with Gasteiger partial charge in [0.05, 0.1) is 40.1 Å². The van der Waals surface area contributed by atoms with Gasteiger partial charge in [-0.1, -0.05) is 65.9 Å². The summed E-state index contributed by atoms with van der Waals surface area (Å²) >= 11 is 1.28. The summed E-state index contributed by atoms with van der Waals surface area (Å²) in [6, 6.07) is 32.8. The fourth-order valence-corrected chi connectivity index (χ4v) is 6.29. The van der Waals surface area contributed by atoms with Crippen LogP contribution in [-0.4, -0.2) is 17.1 Å². The number of hydrogen-bond donors (Lipinski definition) is 1. The molecule has 0 bridgehead atoms. The number of fused-ring (bicyclic) bond motifs is 1. The number of allylic oxidation sites excluding steroid dienone is 1. The van der Waals surface area contributed by atoms with E-state index in [4.69, 9.17) is 19.7 Å². The van der Waals surface area contributed by atoms with Gasteiger partial charge in [0.1, 0.15) is 18.1 Å². The summed E-state index contributed by atoms with van der Waals surface area (Å²) in [5.41, 5.74) is 4.43. The quantitative estimate of drug-likeness (QED) is 0.225. The van der Waals surface area contributed by atoms with Crippen molar-refractivity contribution < 1.29 is 14.3 Å². The van der Waals surface area contributed by atoms with Crippen LogP contribution in [0.1, 0.15) is 42.1 Å². The van der Waals surface area contributed by atoms with Gasteiger partial charge in [0.25, 0.3) is 11.5 Å². The van der Waals surface area contributed by atoms with Crippen molar-refractivity contribution in [3.05, 3.63) is 156 Å². The van der Waals surface area contributed by atoms with Crippen molar-refractivity contribution in [1.29, 1.82) is 5.26 Å². The van der Waals surface area contributed by atoms with Crippen LogP contribution in [0.3, 0.4) is 0 Å².